The molecule has 1 saturated heterocycles. The van der Waals surface area contributed by atoms with E-state index in [4.69, 9.17) is 0 Å². The molecule has 0 spiro atoms. The highest BCUT2D eigenvalue weighted by Crippen LogP contribution is 2.36. The molecule has 2 fully saturated rings. The summed E-state index contributed by atoms with van der Waals surface area (Å²) in [5, 5.41) is 3.54. The second kappa shape index (κ2) is 4.63. The van der Waals surface area contributed by atoms with Crippen molar-refractivity contribution in [1.82, 2.24) is 10.2 Å². The van der Waals surface area contributed by atoms with Crippen LogP contribution >= 0.6 is 0 Å². The summed E-state index contributed by atoms with van der Waals surface area (Å²) in [7, 11) is 0. The number of hydrogen-bond donors (Lipinski definition) is 1. The number of nitrogens with one attached hydrogen (secondary N) is 1. The van der Waals surface area contributed by atoms with Crippen LogP contribution in [0.5, 0.6) is 0 Å². The number of piperazine rings is 1. The summed E-state index contributed by atoms with van der Waals surface area (Å²) >= 11 is 0. The van der Waals surface area contributed by atoms with Crippen molar-refractivity contribution in [3.63, 3.8) is 0 Å². The van der Waals surface area contributed by atoms with Gasteiger partial charge in [-0.25, -0.2) is 0 Å². The SMILES string of the molecule is CCC(C)CN1CCNCC1C1CC1. The van der Waals surface area contributed by atoms with Crippen LogP contribution in [0.3, 0.4) is 0 Å². The van der Waals surface area contributed by atoms with Gasteiger partial charge in [-0.1, -0.05) is 20.3 Å². The van der Waals surface area contributed by atoms with Gasteiger partial charge >= 0.3 is 0 Å². The Morgan fingerprint density at radius 3 is 2.86 bits per heavy atom. The van der Waals surface area contributed by atoms with Crippen molar-refractivity contribution < 1.29 is 0 Å². The number of hydrogen-bond acceptors (Lipinski definition) is 2. The fraction of sp³-hybridized carbons (Fsp3) is 1.00. The van der Waals surface area contributed by atoms with Gasteiger partial charge in [-0.15, -0.1) is 0 Å². The van der Waals surface area contributed by atoms with Gasteiger partial charge in [0, 0.05) is 32.2 Å². The zero-order valence-corrected chi connectivity index (χ0v) is 9.63. The van der Waals surface area contributed by atoms with E-state index < -0.39 is 0 Å². The van der Waals surface area contributed by atoms with E-state index in [1.807, 2.05) is 0 Å². The van der Waals surface area contributed by atoms with Crippen LogP contribution in [-0.2, 0) is 0 Å². The van der Waals surface area contributed by atoms with Crippen LogP contribution in [0, 0.1) is 11.8 Å². The third kappa shape index (κ3) is 2.48. The van der Waals surface area contributed by atoms with Gasteiger partial charge in [0.05, 0.1) is 0 Å². The highest BCUT2D eigenvalue weighted by molar-refractivity contribution is 4.92. The second-order valence-corrected chi connectivity index (χ2v) is 5.12. The van der Waals surface area contributed by atoms with Crippen molar-refractivity contribution in [1.29, 1.82) is 0 Å². The summed E-state index contributed by atoms with van der Waals surface area (Å²) in [6, 6.07) is 0.859. The predicted molar refractivity (Wildman–Crippen MR) is 60.4 cm³/mol. The van der Waals surface area contributed by atoms with Crippen molar-refractivity contribution in [3.8, 4) is 0 Å². The zero-order valence-electron chi connectivity index (χ0n) is 9.63. The van der Waals surface area contributed by atoms with Crippen molar-refractivity contribution in [3.05, 3.63) is 0 Å². The first-order valence-electron chi connectivity index (χ1n) is 6.26. The van der Waals surface area contributed by atoms with Gasteiger partial charge in [0.1, 0.15) is 0 Å². The van der Waals surface area contributed by atoms with Gasteiger partial charge in [0.15, 0.2) is 0 Å². The quantitative estimate of drug-likeness (QED) is 0.736. The van der Waals surface area contributed by atoms with Gasteiger partial charge in [-0.2, -0.15) is 0 Å². The standard InChI is InChI=1S/C12H24N2/c1-3-10(2)9-14-7-6-13-8-12(14)11-4-5-11/h10-13H,3-9H2,1-2H3. The Labute approximate surface area is 88.1 Å². The lowest BCUT2D eigenvalue weighted by atomic mass is 10.0. The maximum absolute atomic E-state index is 3.54. The lowest BCUT2D eigenvalue weighted by Crippen LogP contribution is -2.53. The van der Waals surface area contributed by atoms with E-state index >= 15 is 0 Å². The van der Waals surface area contributed by atoms with Crippen LogP contribution in [0.25, 0.3) is 0 Å². The van der Waals surface area contributed by atoms with Gasteiger partial charge < -0.3 is 5.32 Å². The molecule has 2 nitrogen and oxygen atoms in total. The molecule has 14 heavy (non-hydrogen) atoms. The van der Waals surface area contributed by atoms with Crippen molar-refractivity contribution in [2.24, 2.45) is 11.8 Å². The Morgan fingerprint density at radius 2 is 2.21 bits per heavy atom. The first-order chi connectivity index (χ1) is 6.81. The second-order valence-electron chi connectivity index (χ2n) is 5.12. The Kier molecular flexibility index (Phi) is 3.45. The molecule has 1 N–H and O–H groups in total. The van der Waals surface area contributed by atoms with Crippen molar-refractivity contribution in [2.75, 3.05) is 26.2 Å². The maximum atomic E-state index is 3.54. The highest BCUT2D eigenvalue weighted by atomic mass is 15.2. The lowest BCUT2D eigenvalue weighted by molar-refractivity contribution is 0.124. The molecule has 0 aromatic heterocycles. The van der Waals surface area contributed by atoms with Crippen LogP contribution < -0.4 is 5.32 Å². The smallest absolute Gasteiger partial charge is 0.0249 e. The molecule has 0 radical (unpaired) electrons. The Balaban J connectivity index is 1.85. The molecule has 1 aliphatic carbocycles. The van der Waals surface area contributed by atoms with Crippen LogP contribution in [0.2, 0.25) is 0 Å². The summed E-state index contributed by atoms with van der Waals surface area (Å²) in [5.41, 5.74) is 0. The molecule has 1 saturated carbocycles. The number of nitrogens with zero attached hydrogens (tertiary/aromatic N) is 1. The van der Waals surface area contributed by atoms with Crippen LogP contribution in [-0.4, -0.2) is 37.1 Å². The van der Waals surface area contributed by atoms with Crippen LogP contribution in [0.4, 0.5) is 0 Å². The van der Waals surface area contributed by atoms with Gasteiger partial charge in [-0.3, -0.25) is 4.90 Å². The molecule has 2 rings (SSSR count). The fourth-order valence-electron chi connectivity index (χ4n) is 2.47. The molecule has 0 aromatic rings. The minimum absolute atomic E-state index is 0.859. The molecule has 1 aliphatic heterocycles. The third-order valence-electron chi connectivity index (χ3n) is 3.81. The molecule has 2 aliphatic rings. The minimum Gasteiger partial charge on any atom is -0.314 e. The van der Waals surface area contributed by atoms with Crippen LogP contribution in [0.15, 0.2) is 0 Å². The molecule has 0 bridgehead atoms. The molecule has 2 heteroatoms. The number of rotatable bonds is 4. The maximum Gasteiger partial charge on any atom is 0.0249 e. The average Bonchev–Trinajstić information content (AvgIpc) is 3.02. The molecule has 1 heterocycles. The van der Waals surface area contributed by atoms with E-state index in [-0.39, 0.29) is 0 Å². The summed E-state index contributed by atoms with van der Waals surface area (Å²) in [4.78, 5) is 2.74. The first kappa shape index (κ1) is 10.4. The topological polar surface area (TPSA) is 15.3 Å². The van der Waals surface area contributed by atoms with Gasteiger partial charge in [0.25, 0.3) is 0 Å². The molecule has 2 unspecified atom stereocenters. The Hall–Kier alpha value is -0.0800. The van der Waals surface area contributed by atoms with Gasteiger partial charge in [-0.05, 0) is 24.7 Å². The molecule has 2 atom stereocenters. The fourth-order valence-corrected chi connectivity index (χ4v) is 2.47. The molecular weight excluding hydrogens is 172 g/mol. The summed E-state index contributed by atoms with van der Waals surface area (Å²) in [5.74, 6) is 1.89. The summed E-state index contributed by atoms with van der Waals surface area (Å²) in [6.07, 6.45) is 4.27. The third-order valence-corrected chi connectivity index (χ3v) is 3.81. The van der Waals surface area contributed by atoms with E-state index in [2.05, 4.69) is 24.1 Å². The molecule has 0 amide bonds. The van der Waals surface area contributed by atoms with Crippen molar-refractivity contribution >= 4 is 0 Å². The lowest BCUT2D eigenvalue weighted by Gasteiger charge is -2.37. The van der Waals surface area contributed by atoms with E-state index in [9.17, 15) is 0 Å². The molecule has 82 valence electrons. The predicted octanol–water partition coefficient (Wildman–Crippen LogP) is 1.72. The van der Waals surface area contributed by atoms with Crippen LogP contribution in [0.1, 0.15) is 33.1 Å². The highest BCUT2D eigenvalue weighted by Gasteiger charge is 2.36. The largest absolute Gasteiger partial charge is 0.314 e. The summed E-state index contributed by atoms with van der Waals surface area (Å²) < 4.78 is 0. The monoisotopic (exact) mass is 196 g/mol. The average molecular weight is 196 g/mol. The minimum atomic E-state index is 0.859. The van der Waals surface area contributed by atoms with E-state index in [0.717, 1.165) is 17.9 Å². The van der Waals surface area contributed by atoms with E-state index in [0.29, 0.717) is 0 Å². The summed E-state index contributed by atoms with van der Waals surface area (Å²) in [6.45, 7) is 9.70. The van der Waals surface area contributed by atoms with E-state index in [1.165, 1.54) is 45.4 Å². The van der Waals surface area contributed by atoms with Gasteiger partial charge in [0.2, 0.25) is 0 Å². The Morgan fingerprint density at radius 1 is 1.43 bits per heavy atom. The van der Waals surface area contributed by atoms with Crippen molar-refractivity contribution in [2.45, 2.75) is 39.2 Å². The van der Waals surface area contributed by atoms with E-state index in [1.54, 1.807) is 0 Å². The Bertz CT molecular complexity index is 177. The zero-order chi connectivity index (χ0) is 9.97. The molecule has 0 aromatic carbocycles. The molecular formula is C12H24N2. The first-order valence-corrected chi connectivity index (χ1v) is 6.26. The normalized spacial score (nSPS) is 31.7.